The van der Waals surface area contributed by atoms with E-state index in [0.717, 1.165) is 11.1 Å². The van der Waals surface area contributed by atoms with Crippen LogP contribution in [0.25, 0.3) is 0 Å². The molecule has 0 spiro atoms. The number of ketones is 1. The van der Waals surface area contributed by atoms with Gasteiger partial charge >= 0.3 is 5.97 Å². The Morgan fingerprint density at radius 3 is 2.10 bits per heavy atom. The van der Waals surface area contributed by atoms with Gasteiger partial charge in [0.15, 0.2) is 0 Å². The number of rotatable bonds is 3. The van der Waals surface area contributed by atoms with Gasteiger partial charge in [0.25, 0.3) is 5.78 Å². The smallest absolute Gasteiger partial charge is 0.375 e. The summed E-state index contributed by atoms with van der Waals surface area (Å²) < 4.78 is 5.26. The molecule has 20 heavy (non-hydrogen) atoms. The molecule has 0 unspecified atom stereocenters. The summed E-state index contributed by atoms with van der Waals surface area (Å²) in [4.78, 5) is 23.6. The van der Waals surface area contributed by atoms with Crippen molar-refractivity contribution in [3.05, 3.63) is 71.8 Å². The highest BCUT2D eigenvalue weighted by molar-refractivity contribution is 6.37. The van der Waals surface area contributed by atoms with Crippen molar-refractivity contribution >= 4 is 11.8 Å². The maximum Gasteiger partial charge on any atom is 0.375 e. The zero-order valence-electron chi connectivity index (χ0n) is 10.9. The van der Waals surface area contributed by atoms with E-state index in [0.29, 0.717) is 6.42 Å². The minimum absolute atomic E-state index is 0.417. The van der Waals surface area contributed by atoms with Crippen molar-refractivity contribution in [2.45, 2.75) is 18.4 Å². The third-order valence-corrected chi connectivity index (χ3v) is 3.55. The van der Waals surface area contributed by atoms with Crippen LogP contribution in [0.5, 0.6) is 0 Å². The van der Waals surface area contributed by atoms with Crippen molar-refractivity contribution < 1.29 is 14.3 Å². The topological polar surface area (TPSA) is 43.4 Å². The van der Waals surface area contributed by atoms with E-state index in [4.69, 9.17) is 4.74 Å². The molecule has 1 aliphatic heterocycles. The molecule has 2 aromatic rings. The molecule has 1 heterocycles. The van der Waals surface area contributed by atoms with E-state index in [1.165, 1.54) is 0 Å². The SMILES string of the molecule is O=C1O[C@@H](Cc2ccccc2)[C@@H](c2ccccc2)C1=O. The van der Waals surface area contributed by atoms with Crippen molar-refractivity contribution in [1.82, 2.24) is 0 Å². The van der Waals surface area contributed by atoms with Gasteiger partial charge in [-0.15, -0.1) is 0 Å². The van der Waals surface area contributed by atoms with Crippen LogP contribution in [-0.2, 0) is 20.7 Å². The average Bonchev–Trinajstić information content (AvgIpc) is 2.76. The molecular weight excluding hydrogens is 252 g/mol. The van der Waals surface area contributed by atoms with Crippen molar-refractivity contribution in [2.75, 3.05) is 0 Å². The normalized spacial score (nSPS) is 21.8. The second kappa shape index (κ2) is 5.29. The molecule has 0 amide bonds. The van der Waals surface area contributed by atoms with E-state index in [-0.39, 0.29) is 0 Å². The van der Waals surface area contributed by atoms with Crippen LogP contribution in [0.15, 0.2) is 60.7 Å². The number of ether oxygens (including phenoxy) is 1. The number of Topliss-reactive ketones (excluding diaryl/α,β-unsaturated/α-hetero) is 1. The largest absolute Gasteiger partial charge is 0.455 e. The first-order valence-corrected chi connectivity index (χ1v) is 6.59. The minimum atomic E-state index is -0.722. The maximum absolute atomic E-state index is 12.0. The molecule has 3 nitrogen and oxygen atoms in total. The summed E-state index contributed by atoms with van der Waals surface area (Å²) in [6.07, 6.45) is 0.137. The van der Waals surface area contributed by atoms with Crippen LogP contribution in [0, 0.1) is 0 Å². The maximum atomic E-state index is 12.0. The molecule has 0 saturated carbocycles. The van der Waals surface area contributed by atoms with Gasteiger partial charge in [-0.2, -0.15) is 0 Å². The summed E-state index contributed by atoms with van der Waals surface area (Å²) in [5, 5.41) is 0. The average molecular weight is 266 g/mol. The van der Waals surface area contributed by atoms with Crippen molar-refractivity contribution in [3.63, 3.8) is 0 Å². The highest BCUT2D eigenvalue weighted by Gasteiger charge is 2.44. The molecule has 2 aromatic carbocycles. The Hall–Kier alpha value is -2.42. The monoisotopic (exact) mass is 266 g/mol. The summed E-state index contributed by atoms with van der Waals surface area (Å²) in [6, 6.07) is 19.1. The van der Waals surface area contributed by atoms with Crippen LogP contribution in [0.3, 0.4) is 0 Å². The van der Waals surface area contributed by atoms with E-state index in [2.05, 4.69) is 0 Å². The Balaban J connectivity index is 1.89. The van der Waals surface area contributed by atoms with Crippen molar-refractivity contribution in [3.8, 4) is 0 Å². The predicted molar refractivity (Wildman–Crippen MR) is 74.2 cm³/mol. The highest BCUT2D eigenvalue weighted by Crippen LogP contribution is 2.31. The van der Waals surface area contributed by atoms with Gasteiger partial charge in [-0.25, -0.2) is 4.79 Å². The number of benzene rings is 2. The first kappa shape index (κ1) is 12.6. The summed E-state index contributed by atoms with van der Waals surface area (Å²) in [7, 11) is 0. The van der Waals surface area contributed by atoms with E-state index in [1.54, 1.807) is 0 Å². The number of hydrogen-bond acceptors (Lipinski definition) is 3. The predicted octanol–water partition coefficient (Wildman–Crippen LogP) is 2.51. The quantitative estimate of drug-likeness (QED) is 0.633. The Kier molecular flexibility index (Phi) is 3.33. The minimum Gasteiger partial charge on any atom is -0.455 e. The second-order valence-electron chi connectivity index (χ2n) is 4.89. The number of hydrogen-bond donors (Lipinski definition) is 0. The molecule has 2 atom stereocenters. The Bertz CT molecular complexity index is 619. The molecule has 0 radical (unpaired) electrons. The fraction of sp³-hybridized carbons (Fsp3) is 0.176. The fourth-order valence-electron chi connectivity index (χ4n) is 2.59. The van der Waals surface area contributed by atoms with Crippen molar-refractivity contribution in [2.24, 2.45) is 0 Å². The molecule has 0 N–H and O–H groups in total. The van der Waals surface area contributed by atoms with Gasteiger partial charge in [0.2, 0.25) is 0 Å². The molecular formula is C17H14O3. The Morgan fingerprint density at radius 2 is 1.45 bits per heavy atom. The summed E-state index contributed by atoms with van der Waals surface area (Å²) in [5.74, 6) is -1.67. The third kappa shape index (κ3) is 2.35. The number of esters is 1. The lowest BCUT2D eigenvalue weighted by Crippen LogP contribution is -2.21. The van der Waals surface area contributed by atoms with Gasteiger partial charge < -0.3 is 4.74 Å². The van der Waals surface area contributed by atoms with Gasteiger partial charge in [-0.1, -0.05) is 60.7 Å². The Morgan fingerprint density at radius 1 is 0.850 bits per heavy atom. The molecule has 3 rings (SSSR count). The van der Waals surface area contributed by atoms with Crippen LogP contribution in [0.4, 0.5) is 0 Å². The highest BCUT2D eigenvalue weighted by atomic mass is 16.6. The van der Waals surface area contributed by atoms with E-state index in [1.807, 2.05) is 60.7 Å². The number of carbonyl (C=O) groups is 2. The van der Waals surface area contributed by atoms with Gasteiger partial charge in [0, 0.05) is 6.42 Å². The number of cyclic esters (lactones) is 1. The van der Waals surface area contributed by atoms with Crippen molar-refractivity contribution in [1.29, 1.82) is 0 Å². The van der Waals surface area contributed by atoms with Crippen LogP contribution in [-0.4, -0.2) is 17.9 Å². The zero-order valence-corrected chi connectivity index (χ0v) is 10.9. The van der Waals surface area contributed by atoms with Crippen LogP contribution < -0.4 is 0 Å². The van der Waals surface area contributed by atoms with Gasteiger partial charge in [-0.05, 0) is 11.1 Å². The molecule has 0 aromatic heterocycles. The molecule has 3 heteroatoms. The summed E-state index contributed by atoms with van der Waals surface area (Å²) in [6.45, 7) is 0. The van der Waals surface area contributed by atoms with Crippen LogP contribution in [0.2, 0.25) is 0 Å². The molecule has 100 valence electrons. The summed E-state index contributed by atoms with van der Waals surface area (Å²) >= 11 is 0. The lowest BCUT2D eigenvalue weighted by molar-refractivity contribution is -0.148. The van der Waals surface area contributed by atoms with Gasteiger partial charge in [-0.3, -0.25) is 4.79 Å². The molecule has 0 bridgehead atoms. The van der Waals surface area contributed by atoms with Gasteiger partial charge in [0.1, 0.15) is 6.10 Å². The first-order valence-electron chi connectivity index (χ1n) is 6.59. The first-order chi connectivity index (χ1) is 9.75. The Labute approximate surface area is 117 Å². The lowest BCUT2D eigenvalue weighted by atomic mass is 9.88. The third-order valence-electron chi connectivity index (χ3n) is 3.55. The van der Waals surface area contributed by atoms with Crippen LogP contribution in [0.1, 0.15) is 17.0 Å². The summed E-state index contributed by atoms with van der Waals surface area (Å²) in [5.41, 5.74) is 1.89. The fourth-order valence-corrected chi connectivity index (χ4v) is 2.59. The molecule has 1 saturated heterocycles. The van der Waals surface area contributed by atoms with Gasteiger partial charge in [0.05, 0.1) is 5.92 Å². The van der Waals surface area contributed by atoms with Crippen LogP contribution >= 0.6 is 0 Å². The van der Waals surface area contributed by atoms with E-state index < -0.39 is 23.8 Å². The number of carbonyl (C=O) groups excluding carboxylic acids is 2. The van der Waals surface area contributed by atoms with E-state index >= 15 is 0 Å². The van der Waals surface area contributed by atoms with E-state index in [9.17, 15) is 9.59 Å². The zero-order chi connectivity index (χ0) is 13.9. The standard InChI is InChI=1S/C17H14O3/c18-16-15(13-9-5-2-6-10-13)14(20-17(16)19)11-12-7-3-1-4-8-12/h1-10,14-15H,11H2/t14-,15+/m0/s1. The molecule has 1 fully saturated rings. The lowest BCUT2D eigenvalue weighted by Gasteiger charge is -2.16. The molecule has 1 aliphatic rings. The molecule has 0 aliphatic carbocycles. The second-order valence-corrected chi connectivity index (χ2v) is 4.89.